The Morgan fingerprint density at radius 2 is 1.89 bits per heavy atom. The van der Waals surface area contributed by atoms with E-state index in [-0.39, 0.29) is 11.8 Å². The Balaban J connectivity index is 1.30. The van der Waals surface area contributed by atoms with Gasteiger partial charge < -0.3 is 9.80 Å². The Morgan fingerprint density at radius 3 is 2.54 bits per heavy atom. The first-order valence-electron chi connectivity index (χ1n) is 9.88. The molecule has 148 valence electrons. The number of carbonyl (C=O) groups is 2. The monoisotopic (exact) mass is 381 g/mol. The second-order valence-corrected chi connectivity index (χ2v) is 7.93. The summed E-state index contributed by atoms with van der Waals surface area (Å²) < 4.78 is 0. The van der Waals surface area contributed by atoms with Gasteiger partial charge in [0.05, 0.1) is 13.2 Å². The molecule has 0 aliphatic carbocycles. The second-order valence-electron chi connectivity index (χ2n) is 7.93. The van der Waals surface area contributed by atoms with Gasteiger partial charge in [0, 0.05) is 31.4 Å². The zero-order valence-corrected chi connectivity index (χ0v) is 16.5. The highest BCUT2D eigenvalue weighted by molar-refractivity contribution is 5.92. The number of nitrogens with zero attached hydrogens (tertiary/aromatic N) is 4. The quantitative estimate of drug-likeness (QED) is 0.878. The van der Waals surface area contributed by atoms with E-state index < -0.39 is 0 Å². The van der Waals surface area contributed by atoms with Gasteiger partial charge in [0.2, 0.25) is 5.91 Å². The molecule has 2 aliphatic rings. The number of H-pyrrole nitrogens is 1. The van der Waals surface area contributed by atoms with Crippen LogP contribution in [-0.2, 0) is 11.3 Å². The number of piperidine rings is 1. The van der Waals surface area contributed by atoms with Gasteiger partial charge in [-0.3, -0.25) is 19.6 Å². The third-order valence-electron chi connectivity index (χ3n) is 5.73. The predicted molar refractivity (Wildman–Crippen MR) is 106 cm³/mol. The van der Waals surface area contributed by atoms with E-state index in [9.17, 15) is 9.59 Å². The van der Waals surface area contributed by atoms with Crippen molar-refractivity contribution in [2.24, 2.45) is 0 Å². The molecule has 28 heavy (non-hydrogen) atoms. The van der Waals surface area contributed by atoms with Crippen LogP contribution in [-0.4, -0.2) is 69.1 Å². The van der Waals surface area contributed by atoms with Crippen LogP contribution in [0.1, 0.15) is 40.2 Å². The van der Waals surface area contributed by atoms with Crippen molar-refractivity contribution in [3.05, 3.63) is 52.8 Å². The van der Waals surface area contributed by atoms with E-state index in [2.05, 4.69) is 46.3 Å². The third kappa shape index (κ3) is 3.94. The number of benzene rings is 1. The topological polar surface area (TPSA) is 72.5 Å². The van der Waals surface area contributed by atoms with Gasteiger partial charge in [-0.25, -0.2) is 0 Å². The van der Waals surface area contributed by atoms with Crippen LogP contribution >= 0.6 is 0 Å². The van der Waals surface area contributed by atoms with Crippen LogP contribution in [0.3, 0.4) is 0 Å². The minimum Gasteiger partial charge on any atom is -0.337 e. The number of hydrogen-bond donors (Lipinski definition) is 1. The lowest BCUT2D eigenvalue weighted by atomic mass is 10.0. The summed E-state index contributed by atoms with van der Waals surface area (Å²) in [7, 11) is 0. The van der Waals surface area contributed by atoms with Crippen LogP contribution in [0.4, 0.5) is 0 Å². The highest BCUT2D eigenvalue weighted by Gasteiger charge is 2.35. The maximum absolute atomic E-state index is 12.5. The molecular formula is C21H27N5O2. The van der Waals surface area contributed by atoms with Crippen LogP contribution in [0.25, 0.3) is 0 Å². The highest BCUT2D eigenvalue weighted by Crippen LogP contribution is 2.22. The van der Waals surface area contributed by atoms with Crippen molar-refractivity contribution in [3.8, 4) is 0 Å². The van der Waals surface area contributed by atoms with E-state index in [4.69, 9.17) is 0 Å². The lowest BCUT2D eigenvalue weighted by molar-refractivity contribution is -0.127. The molecule has 4 rings (SSSR count). The molecule has 2 saturated heterocycles. The molecular weight excluding hydrogens is 354 g/mol. The molecule has 1 aromatic heterocycles. The Morgan fingerprint density at radius 1 is 1.18 bits per heavy atom. The number of aromatic amines is 1. The highest BCUT2D eigenvalue weighted by atomic mass is 16.2. The summed E-state index contributed by atoms with van der Waals surface area (Å²) >= 11 is 0. The third-order valence-corrected chi connectivity index (χ3v) is 5.73. The van der Waals surface area contributed by atoms with E-state index >= 15 is 0 Å². The molecule has 2 aromatic rings. The van der Waals surface area contributed by atoms with Gasteiger partial charge in [-0.2, -0.15) is 5.10 Å². The molecule has 0 bridgehead atoms. The Kier molecular flexibility index (Phi) is 5.17. The van der Waals surface area contributed by atoms with Crippen molar-refractivity contribution < 1.29 is 9.59 Å². The minimum absolute atomic E-state index is 0.0127. The fraction of sp³-hybridized carbons (Fsp3) is 0.476. The van der Waals surface area contributed by atoms with Gasteiger partial charge in [-0.05, 0) is 38.3 Å². The van der Waals surface area contributed by atoms with Crippen molar-refractivity contribution in [1.82, 2.24) is 24.9 Å². The van der Waals surface area contributed by atoms with E-state index in [0.29, 0.717) is 44.6 Å². The number of amides is 2. The maximum atomic E-state index is 12.5. The van der Waals surface area contributed by atoms with Gasteiger partial charge in [-0.1, -0.05) is 29.8 Å². The smallest absolute Gasteiger partial charge is 0.274 e. The molecule has 0 unspecified atom stereocenters. The normalized spacial score (nSPS) is 18.9. The predicted octanol–water partition coefficient (Wildman–Crippen LogP) is 1.93. The number of aryl methyl sites for hydroxylation is 2. The summed E-state index contributed by atoms with van der Waals surface area (Å²) in [6.07, 6.45) is 1.78. The zero-order valence-electron chi connectivity index (χ0n) is 16.5. The standard InChI is InChI=1S/C21H27N5O2/c1-15-3-5-17(6-4-15)12-26-14-25(13-20(26)27)18-7-9-24(10-8-18)21(28)19-11-16(2)22-23-19/h3-6,11,18H,7-10,12-14H2,1-2H3,(H,22,23). The molecule has 7 heteroatoms. The molecule has 2 aliphatic heterocycles. The number of hydrogen-bond acceptors (Lipinski definition) is 4. The summed E-state index contributed by atoms with van der Waals surface area (Å²) in [6, 6.07) is 10.5. The van der Waals surface area contributed by atoms with E-state index in [1.165, 1.54) is 5.56 Å². The number of likely N-dealkylation sites (tertiary alicyclic amines) is 1. The lowest BCUT2D eigenvalue weighted by Gasteiger charge is -2.36. The second kappa shape index (κ2) is 7.75. The molecule has 1 N–H and O–H groups in total. The zero-order chi connectivity index (χ0) is 19.7. The van der Waals surface area contributed by atoms with Crippen molar-refractivity contribution in [2.45, 2.75) is 39.3 Å². The van der Waals surface area contributed by atoms with Crippen LogP contribution in [0.2, 0.25) is 0 Å². The maximum Gasteiger partial charge on any atom is 0.274 e. The van der Waals surface area contributed by atoms with Crippen LogP contribution < -0.4 is 0 Å². The van der Waals surface area contributed by atoms with E-state index in [1.807, 2.05) is 16.7 Å². The molecule has 2 amide bonds. The SMILES string of the molecule is Cc1ccc(CN2CN(C3CCN(C(=O)c4cc(C)[nH]n4)CC3)CC2=O)cc1. The van der Waals surface area contributed by atoms with Crippen LogP contribution in [0.5, 0.6) is 0 Å². The lowest BCUT2D eigenvalue weighted by Crippen LogP contribution is -2.46. The van der Waals surface area contributed by atoms with E-state index in [1.54, 1.807) is 6.07 Å². The Bertz CT molecular complexity index is 852. The molecule has 1 aromatic carbocycles. The summed E-state index contributed by atoms with van der Waals surface area (Å²) in [6.45, 7) is 7.17. The summed E-state index contributed by atoms with van der Waals surface area (Å²) in [5.41, 5.74) is 3.76. The van der Waals surface area contributed by atoms with Gasteiger partial charge in [0.15, 0.2) is 0 Å². The fourth-order valence-electron chi connectivity index (χ4n) is 4.04. The summed E-state index contributed by atoms with van der Waals surface area (Å²) in [4.78, 5) is 31.1. The first kappa shape index (κ1) is 18.7. The largest absolute Gasteiger partial charge is 0.337 e. The summed E-state index contributed by atoms with van der Waals surface area (Å²) in [5, 5.41) is 6.90. The van der Waals surface area contributed by atoms with Crippen molar-refractivity contribution >= 4 is 11.8 Å². The van der Waals surface area contributed by atoms with Gasteiger partial charge in [0.25, 0.3) is 5.91 Å². The first-order chi connectivity index (χ1) is 13.5. The number of aromatic nitrogens is 2. The minimum atomic E-state index is -0.0127. The van der Waals surface area contributed by atoms with Crippen molar-refractivity contribution in [3.63, 3.8) is 0 Å². The first-order valence-corrected chi connectivity index (χ1v) is 9.88. The molecule has 0 radical (unpaired) electrons. The molecule has 0 saturated carbocycles. The Labute approximate surface area is 165 Å². The van der Waals surface area contributed by atoms with Gasteiger partial charge in [-0.15, -0.1) is 0 Å². The average molecular weight is 381 g/mol. The molecule has 3 heterocycles. The summed E-state index contributed by atoms with van der Waals surface area (Å²) in [5.74, 6) is 0.173. The Hall–Kier alpha value is -2.67. The molecule has 2 fully saturated rings. The van der Waals surface area contributed by atoms with Crippen LogP contribution in [0.15, 0.2) is 30.3 Å². The number of rotatable bonds is 4. The van der Waals surface area contributed by atoms with Crippen molar-refractivity contribution in [1.29, 1.82) is 0 Å². The molecule has 0 atom stereocenters. The van der Waals surface area contributed by atoms with Gasteiger partial charge >= 0.3 is 0 Å². The number of nitrogens with one attached hydrogen (secondary N) is 1. The van der Waals surface area contributed by atoms with Crippen molar-refractivity contribution in [2.75, 3.05) is 26.3 Å². The van der Waals surface area contributed by atoms with Gasteiger partial charge in [0.1, 0.15) is 5.69 Å². The average Bonchev–Trinajstić information content (AvgIpc) is 3.29. The fourth-order valence-corrected chi connectivity index (χ4v) is 4.04. The van der Waals surface area contributed by atoms with E-state index in [0.717, 1.165) is 24.1 Å². The van der Waals surface area contributed by atoms with Crippen LogP contribution in [0, 0.1) is 13.8 Å². The molecule has 0 spiro atoms. The number of carbonyl (C=O) groups excluding carboxylic acids is 2. The molecule has 7 nitrogen and oxygen atoms in total.